The highest BCUT2D eigenvalue weighted by molar-refractivity contribution is 6.32. The number of halogens is 1. The Balaban J connectivity index is 1.57. The molecule has 0 radical (unpaired) electrons. The first-order valence-corrected chi connectivity index (χ1v) is 8.38. The molecule has 2 fully saturated rings. The van der Waals surface area contributed by atoms with Gasteiger partial charge in [-0.05, 0) is 41.9 Å². The van der Waals surface area contributed by atoms with E-state index in [1.807, 2.05) is 30.3 Å². The van der Waals surface area contributed by atoms with Gasteiger partial charge in [0.2, 0.25) is 0 Å². The highest BCUT2D eigenvalue weighted by atomic mass is 35.5. The smallest absolute Gasteiger partial charge is 0.103 e. The zero-order chi connectivity index (χ0) is 15.6. The Labute approximate surface area is 139 Å². The van der Waals surface area contributed by atoms with Gasteiger partial charge in [-0.1, -0.05) is 11.6 Å². The zero-order valence-corrected chi connectivity index (χ0v) is 13.7. The van der Waals surface area contributed by atoms with Crippen LogP contribution in [0.15, 0.2) is 30.7 Å². The Hall–Kier alpha value is -1.85. The van der Waals surface area contributed by atoms with Crippen LogP contribution in [0.5, 0.6) is 0 Å². The Morgan fingerprint density at radius 2 is 2.04 bits per heavy atom. The molecule has 2 aromatic heterocycles. The Morgan fingerprint density at radius 1 is 1.22 bits per heavy atom. The maximum absolute atomic E-state index is 6.56. The summed E-state index contributed by atoms with van der Waals surface area (Å²) in [5, 5.41) is 14.1. The number of rotatable bonds is 2. The van der Waals surface area contributed by atoms with Crippen LogP contribution in [0.4, 0.5) is 0 Å². The molecule has 0 amide bonds. The number of hydrogen-bond acceptors (Lipinski definition) is 3. The van der Waals surface area contributed by atoms with Crippen LogP contribution in [0.3, 0.4) is 0 Å². The molecule has 0 atom stereocenters. The molecule has 118 valence electrons. The Bertz CT molecular complexity index is 897. The SMILES string of the molecule is Cn1cc(-n2ncc3cc(Cl)c(C4CC5(CNC5)C4)cc32)cn1. The molecule has 0 bridgehead atoms. The summed E-state index contributed by atoms with van der Waals surface area (Å²) in [6.07, 6.45) is 8.16. The molecule has 1 spiro atoms. The third-order valence-corrected chi connectivity index (χ3v) is 5.75. The second kappa shape index (κ2) is 4.58. The van der Waals surface area contributed by atoms with E-state index >= 15 is 0 Å². The molecule has 1 N–H and O–H groups in total. The predicted molar refractivity (Wildman–Crippen MR) is 90.1 cm³/mol. The molecule has 23 heavy (non-hydrogen) atoms. The largest absolute Gasteiger partial charge is 0.316 e. The molecule has 5 rings (SSSR count). The topological polar surface area (TPSA) is 47.7 Å². The van der Waals surface area contributed by atoms with Crippen molar-refractivity contribution >= 4 is 22.5 Å². The molecule has 1 aliphatic heterocycles. The molecule has 6 heteroatoms. The number of aromatic nitrogens is 4. The van der Waals surface area contributed by atoms with Crippen LogP contribution in [-0.4, -0.2) is 32.7 Å². The first-order chi connectivity index (χ1) is 11.1. The zero-order valence-electron chi connectivity index (χ0n) is 13.0. The second-order valence-corrected chi connectivity index (χ2v) is 7.48. The molecule has 1 aromatic carbocycles. The molecule has 0 unspecified atom stereocenters. The summed E-state index contributed by atoms with van der Waals surface area (Å²) in [7, 11) is 1.91. The fraction of sp³-hybridized carbons (Fsp3) is 0.412. The van der Waals surface area contributed by atoms with E-state index in [2.05, 4.69) is 27.6 Å². The lowest BCUT2D eigenvalue weighted by Gasteiger charge is -2.54. The molecular formula is C17H18ClN5. The third kappa shape index (κ3) is 1.96. The van der Waals surface area contributed by atoms with Gasteiger partial charge in [-0.3, -0.25) is 4.68 Å². The quantitative estimate of drug-likeness (QED) is 0.787. The van der Waals surface area contributed by atoms with E-state index in [0.717, 1.165) is 34.7 Å². The third-order valence-electron chi connectivity index (χ3n) is 5.42. The maximum atomic E-state index is 6.56. The number of nitrogens with one attached hydrogen (secondary N) is 1. The van der Waals surface area contributed by atoms with E-state index in [4.69, 9.17) is 11.6 Å². The minimum Gasteiger partial charge on any atom is -0.316 e. The van der Waals surface area contributed by atoms with Crippen LogP contribution in [-0.2, 0) is 7.05 Å². The maximum Gasteiger partial charge on any atom is 0.103 e. The van der Waals surface area contributed by atoms with Crippen LogP contribution in [0, 0.1) is 5.41 Å². The van der Waals surface area contributed by atoms with Gasteiger partial charge in [0.15, 0.2) is 0 Å². The lowest BCUT2D eigenvalue weighted by atomic mass is 9.57. The van der Waals surface area contributed by atoms with Crippen LogP contribution >= 0.6 is 11.6 Å². The summed E-state index contributed by atoms with van der Waals surface area (Å²) in [5.74, 6) is 0.575. The van der Waals surface area contributed by atoms with E-state index in [1.165, 1.54) is 18.4 Å². The van der Waals surface area contributed by atoms with Gasteiger partial charge in [0.05, 0.1) is 24.1 Å². The minimum atomic E-state index is 0.548. The molecule has 3 aromatic rings. The fourth-order valence-corrected chi connectivity index (χ4v) is 4.40. The van der Waals surface area contributed by atoms with Gasteiger partial charge in [-0.25, -0.2) is 4.68 Å². The van der Waals surface area contributed by atoms with Gasteiger partial charge in [0.25, 0.3) is 0 Å². The first kappa shape index (κ1) is 13.6. The van der Waals surface area contributed by atoms with E-state index < -0.39 is 0 Å². The van der Waals surface area contributed by atoms with Crippen molar-refractivity contribution in [2.75, 3.05) is 13.1 Å². The lowest BCUT2D eigenvalue weighted by Crippen LogP contribution is -2.59. The summed E-state index contributed by atoms with van der Waals surface area (Å²) in [6.45, 7) is 2.33. The standard InChI is InChI=1S/C17H18ClN5/c1-22-8-13(7-20-22)23-16-3-14(15(18)2-11(16)6-21-23)12-4-17(5-12)9-19-10-17/h2-3,6-8,12,19H,4-5,9-10H2,1H3. The van der Waals surface area contributed by atoms with Gasteiger partial charge in [0, 0.05) is 30.5 Å². The summed E-state index contributed by atoms with van der Waals surface area (Å²) in [4.78, 5) is 0. The second-order valence-electron chi connectivity index (χ2n) is 7.07. The molecule has 3 heterocycles. The number of aryl methyl sites for hydroxylation is 1. The van der Waals surface area contributed by atoms with Gasteiger partial charge in [0.1, 0.15) is 5.69 Å². The Kier molecular flexibility index (Phi) is 2.71. The van der Waals surface area contributed by atoms with E-state index in [0.29, 0.717) is 11.3 Å². The minimum absolute atomic E-state index is 0.548. The van der Waals surface area contributed by atoms with Crippen LogP contribution < -0.4 is 5.32 Å². The van der Waals surface area contributed by atoms with Crippen LogP contribution in [0.25, 0.3) is 16.6 Å². The normalized spacial score (nSPS) is 19.9. The predicted octanol–water partition coefficient (Wildman–Crippen LogP) is 2.88. The Morgan fingerprint density at radius 3 is 2.70 bits per heavy atom. The number of nitrogens with zero attached hydrogens (tertiary/aromatic N) is 4. The number of fused-ring (bicyclic) bond motifs is 1. The van der Waals surface area contributed by atoms with Crippen molar-refractivity contribution in [2.45, 2.75) is 18.8 Å². The van der Waals surface area contributed by atoms with Crippen molar-refractivity contribution in [3.05, 3.63) is 41.3 Å². The van der Waals surface area contributed by atoms with Gasteiger partial charge >= 0.3 is 0 Å². The lowest BCUT2D eigenvalue weighted by molar-refractivity contribution is 0.0364. The average molecular weight is 328 g/mol. The molecule has 5 nitrogen and oxygen atoms in total. The van der Waals surface area contributed by atoms with E-state index in [9.17, 15) is 0 Å². The number of benzene rings is 1. The van der Waals surface area contributed by atoms with Crippen molar-refractivity contribution in [3.8, 4) is 5.69 Å². The summed E-state index contributed by atoms with van der Waals surface area (Å²) >= 11 is 6.56. The average Bonchev–Trinajstić information content (AvgIpc) is 3.01. The monoisotopic (exact) mass is 327 g/mol. The highest BCUT2D eigenvalue weighted by Crippen LogP contribution is 2.54. The van der Waals surface area contributed by atoms with E-state index in [1.54, 1.807) is 4.68 Å². The van der Waals surface area contributed by atoms with Gasteiger partial charge < -0.3 is 5.32 Å². The summed E-state index contributed by atoms with van der Waals surface area (Å²) < 4.78 is 3.74. The van der Waals surface area contributed by atoms with Gasteiger partial charge in [-0.2, -0.15) is 10.2 Å². The van der Waals surface area contributed by atoms with E-state index in [-0.39, 0.29) is 0 Å². The van der Waals surface area contributed by atoms with Crippen LogP contribution in [0.1, 0.15) is 24.3 Å². The molecule has 2 aliphatic rings. The fourth-order valence-electron chi connectivity index (χ4n) is 4.07. The van der Waals surface area contributed by atoms with Crippen molar-refractivity contribution in [2.24, 2.45) is 12.5 Å². The summed E-state index contributed by atoms with van der Waals surface area (Å²) in [5.41, 5.74) is 3.89. The molecule has 1 saturated heterocycles. The van der Waals surface area contributed by atoms with Gasteiger partial charge in [-0.15, -0.1) is 0 Å². The highest BCUT2D eigenvalue weighted by Gasteiger charge is 2.49. The summed E-state index contributed by atoms with van der Waals surface area (Å²) in [6, 6.07) is 4.28. The molecule has 1 saturated carbocycles. The number of hydrogen-bond donors (Lipinski definition) is 1. The first-order valence-electron chi connectivity index (χ1n) is 8.01. The molecular weight excluding hydrogens is 310 g/mol. The molecule has 1 aliphatic carbocycles. The van der Waals surface area contributed by atoms with Crippen molar-refractivity contribution in [1.82, 2.24) is 24.9 Å². The van der Waals surface area contributed by atoms with Crippen molar-refractivity contribution < 1.29 is 0 Å². The van der Waals surface area contributed by atoms with Crippen molar-refractivity contribution in [3.63, 3.8) is 0 Å². The van der Waals surface area contributed by atoms with Crippen molar-refractivity contribution in [1.29, 1.82) is 0 Å². The van der Waals surface area contributed by atoms with Crippen LogP contribution in [0.2, 0.25) is 5.02 Å².